The van der Waals surface area contributed by atoms with E-state index in [9.17, 15) is 26.0 Å². The molecule has 0 unspecified atom stereocenters. The zero-order chi connectivity index (χ0) is 18.8. The average Bonchev–Trinajstić information content (AvgIpc) is 2.48. The number of nitrogens with zero attached hydrogens (tertiary/aromatic N) is 2. The van der Waals surface area contributed by atoms with E-state index in [1.165, 1.54) is 12.1 Å². The fraction of sp³-hybridized carbons (Fsp3) is 0.600. The fourth-order valence-electron chi connectivity index (χ4n) is 2.97. The zero-order valence-corrected chi connectivity index (χ0v) is 15.1. The molecule has 0 aromatic heterocycles. The maximum atomic E-state index is 13.8. The number of benzene rings is 1. The Labute approximate surface area is 149 Å². The number of halogens is 5. The zero-order valence-electron chi connectivity index (χ0n) is 13.6. The van der Waals surface area contributed by atoms with Crippen LogP contribution in [-0.4, -0.2) is 55.7 Å². The minimum absolute atomic E-state index is 0.233. The van der Waals surface area contributed by atoms with Gasteiger partial charge >= 0.3 is 6.18 Å². The van der Waals surface area contributed by atoms with Gasteiger partial charge in [0.1, 0.15) is 12.4 Å². The van der Waals surface area contributed by atoms with Crippen LogP contribution in [0.25, 0.3) is 0 Å². The number of hydrogen-bond acceptors (Lipinski definition) is 3. The van der Waals surface area contributed by atoms with Crippen LogP contribution in [0.1, 0.15) is 18.4 Å². The van der Waals surface area contributed by atoms with Crippen LogP contribution in [-0.2, 0) is 16.6 Å². The fourth-order valence-corrected chi connectivity index (χ4v) is 4.32. The van der Waals surface area contributed by atoms with E-state index in [1.54, 1.807) is 6.07 Å². The van der Waals surface area contributed by atoms with Crippen LogP contribution in [0.15, 0.2) is 18.2 Å². The van der Waals surface area contributed by atoms with Gasteiger partial charge in [0.15, 0.2) is 0 Å². The molecule has 0 radical (unpaired) electrons. The molecule has 0 bridgehead atoms. The van der Waals surface area contributed by atoms with E-state index in [0.717, 1.165) is 6.26 Å². The topological polar surface area (TPSA) is 40.6 Å². The number of likely N-dealkylation sites (tertiary alicyclic amines) is 1. The lowest BCUT2D eigenvalue weighted by molar-refractivity contribution is -0.140. The van der Waals surface area contributed by atoms with Crippen LogP contribution in [0, 0.1) is 5.82 Å². The molecule has 0 spiro atoms. The van der Waals surface area contributed by atoms with Crippen molar-refractivity contribution in [3.05, 3.63) is 34.6 Å². The third-order valence-corrected chi connectivity index (χ3v) is 5.80. The van der Waals surface area contributed by atoms with Crippen LogP contribution in [0.3, 0.4) is 0 Å². The summed E-state index contributed by atoms with van der Waals surface area (Å²) in [5.41, 5.74) is 0.331. The van der Waals surface area contributed by atoms with E-state index in [1.807, 2.05) is 4.90 Å². The number of alkyl halides is 3. The molecule has 2 rings (SSSR count). The van der Waals surface area contributed by atoms with Gasteiger partial charge in [-0.05, 0) is 25.0 Å². The Bertz CT molecular complexity index is 684. The molecule has 0 amide bonds. The minimum Gasteiger partial charge on any atom is -0.299 e. The quantitative estimate of drug-likeness (QED) is 0.710. The van der Waals surface area contributed by atoms with Crippen molar-refractivity contribution in [3.8, 4) is 0 Å². The standard InChI is InChI=1S/C15H19ClF4N2O2S/c1-25(23,24)22(10-15(18,19)20)11-5-7-21(8-6-11)9-12-13(16)3-2-4-14(12)17/h2-4,11H,5-10H2,1H3. The summed E-state index contributed by atoms with van der Waals surface area (Å²) in [4.78, 5) is 1.86. The molecule has 1 heterocycles. The Morgan fingerprint density at radius 1 is 1.28 bits per heavy atom. The Morgan fingerprint density at radius 3 is 2.36 bits per heavy atom. The van der Waals surface area contributed by atoms with Gasteiger partial charge in [-0.3, -0.25) is 4.90 Å². The highest BCUT2D eigenvalue weighted by Crippen LogP contribution is 2.27. The first-order valence-electron chi connectivity index (χ1n) is 7.66. The average molecular weight is 403 g/mol. The lowest BCUT2D eigenvalue weighted by atomic mass is 10.0. The first kappa shape index (κ1) is 20.4. The Kier molecular flexibility index (Phi) is 6.35. The Hall–Kier alpha value is -0.900. The molecule has 1 aliphatic rings. The monoisotopic (exact) mass is 402 g/mol. The first-order chi connectivity index (χ1) is 11.5. The number of piperidine rings is 1. The van der Waals surface area contributed by atoms with Crippen molar-refractivity contribution in [3.63, 3.8) is 0 Å². The SMILES string of the molecule is CS(=O)(=O)N(CC(F)(F)F)C1CCN(Cc2c(F)cccc2Cl)CC1. The lowest BCUT2D eigenvalue weighted by Crippen LogP contribution is -2.50. The number of sulfonamides is 1. The van der Waals surface area contributed by atoms with Gasteiger partial charge in [0.25, 0.3) is 0 Å². The van der Waals surface area contributed by atoms with E-state index in [-0.39, 0.29) is 24.4 Å². The largest absolute Gasteiger partial charge is 0.402 e. The van der Waals surface area contributed by atoms with Crippen molar-refractivity contribution in [1.29, 1.82) is 0 Å². The van der Waals surface area contributed by atoms with Crippen LogP contribution in [0.2, 0.25) is 5.02 Å². The van der Waals surface area contributed by atoms with Crippen LogP contribution in [0.4, 0.5) is 17.6 Å². The van der Waals surface area contributed by atoms with Gasteiger partial charge in [-0.15, -0.1) is 0 Å². The smallest absolute Gasteiger partial charge is 0.299 e. The number of hydrogen-bond donors (Lipinski definition) is 0. The van der Waals surface area contributed by atoms with E-state index < -0.39 is 34.6 Å². The summed E-state index contributed by atoms with van der Waals surface area (Å²) in [6.45, 7) is -0.537. The summed E-state index contributed by atoms with van der Waals surface area (Å²) in [6, 6.07) is 3.64. The van der Waals surface area contributed by atoms with E-state index >= 15 is 0 Å². The van der Waals surface area contributed by atoms with Crippen molar-refractivity contribution in [2.75, 3.05) is 25.9 Å². The Balaban J connectivity index is 2.02. The van der Waals surface area contributed by atoms with E-state index in [2.05, 4.69) is 0 Å². The van der Waals surface area contributed by atoms with Gasteiger partial charge in [0.2, 0.25) is 10.0 Å². The maximum Gasteiger partial charge on any atom is 0.402 e. The molecule has 1 saturated heterocycles. The molecule has 1 aromatic carbocycles. The second kappa shape index (κ2) is 7.77. The molecule has 1 aliphatic heterocycles. The van der Waals surface area contributed by atoms with Crippen molar-refractivity contribution in [1.82, 2.24) is 9.21 Å². The highest BCUT2D eigenvalue weighted by atomic mass is 35.5. The van der Waals surface area contributed by atoms with Crippen LogP contribution in [0.5, 0.6) is 0 Å². The molecule has 142 valence electrons. The van der Waals surface area contributed by atoms with Crippen molar-refractivity contribution >= 4 is 21.6 Å². The second-order valence-corrected chi connectivity index (χ2v) is 8.47. The van der Waals surface area contributed by atoms with E-state index in [4.69, 9.17) is 11.6 Å². The van der Waals surface area contributed by atoms with Crippen molar-refractivity contribution in [2.24, 2.45) is 0 Å². The molecule has 4 nitrogen and oxygen atoms in total. The lowest BCUT2D eigenvalue weighted by Gasteiger charge is -2.37. The Morgan fingerprint density at radius 2 is 1.88 bits per heavy atom. The van der Waals surface area contributed by atoms with Crippen molar-refractivity contribution < 1.29 is 26.0 Å². The molecule has 0 atom stereocenters. The normalized spacial score (nSPS) is 18.0. The van der Waals surface area contributed by atoms with Crippen molar-refractivity contribution in [2.45, 2.75) is 31.6 Å². The van der Waals surface area contributed by atoms with Gasteiger partial charge in [-0.1, -0.05) is 17.7 Å². The van der Waals surface area contributed by atoms with Gasteiger partial charge in [-0.2, -0.15) is 17.5 Å². The predicted molar refractivity (Wildman–Crippen MR) is 87.3 cm³/mol. The number of rotatable bonds is 5. The molecular formula is C15H19ClF4N2O2S. The van der Waals surface area contributed by atoms with Crippen LogP contribution < -0.4 is 0 Å². The molecule has 0 N–H and O–H groups in total. The van der Waals surface area contributed by atoms with Crippen LogP contribution >= 0.6 is 11.6 Å². The summed E-state index contributed by atoms with van der Waals surface area (Å²) in [5, 5.41) is 0.289. The summed E-state index contributed by atoms with van der Waals surface area (Å²) in [7, 11) is -3.97. The molecule has 10 heteroatoms. The highest BCUT2D eigenvalue weighted by Gasteiger charge is 2.39. The molecule has 0 saturated carbocycles. The second-order valence-electron chi connectivity index (χ2n) is 6.13. The van der Waals surface area contributed by atoms with Gasteiger partial charge < -0.3 is 0 Å². The predicted octanol–water partition coefficient (Wildman–Crippen LogP) is 3.27. The van der Waals surface area contributed by atoms with Gasteiger partial charge in [0, 0.05) is 36.3 Å². The highest BCUT2D eigenvalue weighted by molar-refractivity contribution is 7.88. The maximum absolute atomic E-state index is 13.8. The third kappa shape index (κ3) is 5.80. The summed E-state index contributed by atoms with van der Waals surface area (Å²) >= 11 is 5.98. The minimum atomic E-state index is -4.60. The van der Waals surface area contributed by atoms with Gasteiger partial charge in [-0.25, -0.2) is 12.8 Å². The summed E-state index contributed by atoms with van der Waals surface area (Å²) < 4.78 is 75.8. The first-order valence-corrected chi connectivity index (χ1v) is 9.89. The molecule has 25 heavy (non-hydrogen) atoms. The molecular weight excluding hydrogens is 384 g/mol. The summed E-state index contributed by atoms with van der Waals surface area (Å²) in [6.07, 6.45) is -3.32. The molecule has 1 fully saturated rings. The van der Waals surface area contributed by atoms with E-state index in [0.29, 0.717) is 23.0 Å². The summed E-state index contributed by atoms with van der Waals surface area (Å²) in [5.74, 6) is -0.440. The molecule has 0 aliphatic carbocycles. The van der Waals surface area contributed by atoms with Gasteiger partial charge in [0.05, 0.1) is 6.26 Å². The molecule has 1 aromatic rings. The third-order valence-electron chi connectivity index (χ3n) is 4.17.